The van der Waals surface area contributed by atoms with Crippen LogP contribution in [0.15, 0.2) is 12.3 Å². The average Bonchev–Trinajstić information content (AvgIpc) is 2.27. The quantitative estimate of drug-likeness (QED) is 0.580. The predicted octanol–water partition coefficient (Wildman–Crippen LogP) is 2.35. The molecule has 1 unspecified atom stereocenters. The first kappa shape index (κ1) is 14.9. The first-order valence-corrected chi connectivity index (χ1v) is 6.04. The molecule has 1 aromatic rings. The third kappa shape index (κ3) is 4.20. The number of nitro groups is 1. The summed E-state index contributed by atoms with van der Waals surface area (Å²) in [5.74, 6) is -0.814. The van der Waals surface area contributed by atoms with Crippen LogP contribution >= 0.6 is 0 Å². The van der Waals surface area contributed by atoms with Gasteiger partial charge < -0.3 is 10.4 Å². The number of nitrogens with zero attached hydrogens (tertiary/aromatic N) is 2. The number of carboxylic acid groups (broad SMARTS) is 1. The minimum Gasteiger partial charge on any atom is -0.481 e. The molecule has 1 aromatic heterocycles. The molecule has 104 valence electrons. The van der Waals surface area contributed by atoms with Crippen LogP contribution in [0.2, 0.25) is 0 Å². The smallest absolute Gasteiger partial charge is 0.314 e. The van der Waals surface area contributed by atoms with E-state index in [9.17, 15) is 14.9 Å². The zero-order valence-electron chi connectivity index (χ0n) is 10.9. The molecule has 0 aliphatic rings. The second kappa shape index (κ2) is 6.67. The van der Waals surface area contributed by atoms with E-state index in [1.807, 2.05) is 6.92 Å². The number of rotatable bonds is 7. The van der Waals surface area contributed by atoms with Crippen molar-refractivity contribution in [2.45, 2.75) is 39.2 Å². The van der Waals surface area contributed by atoms with Gasteiger partial charge in [-0.15, -0.1) is 0 Å². The molecule has 0 bridgehead atoms. The number of hydrogen-bond donors (Lipinski definition) is 2. The van der Waals surface area contributed by atoms with Gasteiger partial charge in [-0.3, -0.25) is 14.9 Å². The standard InChI is InChI=1S/C12H17N3O4/c1-3-4-9(7-10(16)17)14-12-11(15(18)19)8(2)5-6-13-12/h5-6,9H,3-4,7H2,1-2H3,(H,13,14)(H,16,17). The van der Waals surface area contributed by atoms with E-state index < -0.39 is 10.9 Å². The molecule has 7 heteroatoms. The number of carboxylic acids is 1. The maximum Gasteiger partial charge on any atom is 0.314 e. The van der Waals surface area contributed by atoms with Gasteiger partial charge in [0.05, 0.1) is 11.3 Å². The Bertz CT molecular complexity index is 476. The summed E-state index contributed by atoms with van der Waals surface area (Å²) in [5, 5.41) is 22.7. The highest BCUT2D eigenvalue weighted by Gasteiger charge is 2.21. The van der Waals surface area contributed by atoms with E-state index in [-0.39, 0.29) is 24.0 Å². The van der Waals surface area contributed by atoms with Gasteiger partial charge in [-0.1, -0.05) is 13.3 Å². The van der Waals surface area contributed by atoms with Gasteiger partial charge in [0.2, 0.25) is 5.82 Å². The van der Waals surface area contributed by atoms with Crippen LogP contribution in [0, 0.1) is 17.0 Å². The molecule has 0 aliphatic heterocycles. The van der Waals surface area contributed by atoms with Crippen LogP contribution in [0.4, 0.5) is 11.5 Å². The molecule has 19 heavy (non-hydrogen) atoms. The van der Waals surface area contributed by atoms with Crippen molar-refractivity contribution in [3.05, 3.63) is 27.9 Å². The summed E-state index contributed by atoms with van der Waals surface area (Å²) in [6.45, 7) is 3.55. The summed E-state index contributed by atoms with van der Waals surface area (Å²) in [7, 11) is 0. The fourth-order valence-electron chi connectivity index (χ4n) is 1.86. The van der Waals surface area contributed by atoms with Gasteiger partial charge in [0, 0.05) is 17.8 Å². The Kier molecular flexibility index (Phi) is 5.23. The molecular formula is C12H17N3O4. The Balaban J connectivity index is 2.98. The highest BCUT2D eigenvalue weighted by atomic mass is 16.6. The topological polar surface area (TPSA) is 105 Å². The summed E-state index contributed by atoms with van der Waals surface area (Å²) in [5.41, 5.74) is 0.391. The van der Waals surface area contributed by atoms with E-state index >= 15 is 0 Å². The molecular weight excluding hydrogens is 250 g/mol. The Morgan fingerprint density at radius 2 is 2.32 bits per heavy atom. The van der Waals surface area contributed by atoms with Crippen molar-refractivity contribution < 1.29 is 14.8 Å². The van der Waals surface area contributed by atoms with Crippen molar-refractivity contribution >= 4 is 17.5 Å². The Morgan fingerprint density at radius 3 is 2.84 bits per heavy atom. The van der Waals surface area contributed by atoms with Crippen LogP contribution in [0.3, 0.4) is 0 Å². The Labute approximate surface area is 110 Å². The zero-order chi connectivity index (χ0) is 14.4. The number of carbonyl (C=O) groups is 1. The van der Waals surface area contributed by atoms with Gasteiger partial charge in [-0.05, 0) is 19.4 Å². The van der Waals surface area contributed by atoms with Crippen molar-refractivity contribution in [2.75, 3.05) is 5.32 Å². The summed E-state index contributed by atoms with van der Waals surface area (Å²) < 4.78 is 0. The van der Waals surface area contributed by atoms with Crippen molar-refractivity contribution in [3.8, 4) is 0 Å². The normalized spacial score (nSPS) is 11.9. The van der Waals surface area contributed by atoms with Crippen LogP contribution in [0.5, 0.6) is 0 Å². The van der Waals surface area contributed by atoms with E-state index in [0.29, 0.717) is 12.0 Å². The summed E-state index contributed by atoms with van der Waals surface area (Å²) in [6, 6.07) is 1.19. The third-order valence-electron chi connectivity index (χ3n) is 2.71. The molecule has 0 aromatic carbocycles. The van der Waals surface area contributed by atoms with Crippen LogP contribution in [-0.2, 0) is 4.79 Å². The first-order chi connectivity index (χ1) is 8.95. The Hall–Kier alpha value is -2.18. The lowest BCUT2D eigenvalue weighted by Gasteiger charge is -2.16. The SMILES string of the molecule is CCCC(CC(=O)O)Nc1nccc(C)c1[N+](=O)[O-]. The summed E-state index contributed by atoms with van der Waals surface area (Å²) in [4.78, 5) is 25.2. The molecule has 0 saturated heterocycles. The van der Waals surface area contributed by atoms with Gasteiger partial charge in [0.25, 0.3) is 0 Å². The Morgan fingerprint density at radius 1 is 1.63 bits per heavy atom. The van der Waals surface area contributed by atoms with Crippen molar-refractivity contribution in [1.29, 1.82) is 0 Å². The van der Waals surface area contributed by atoms with Crippen LogP contribution in [0.25, 0.3) is 0 Å². The fraction of sp³-hybridized carbons (Fsp3) is 0.500. The maximum absolute atomic E-state index is 11.0. The molecule has 7 nitrogen and oxygen atoms in total. The van der Waals surface area contributed by atoms with Gasteiger partial charge in [-0.2, -0.15) is 0 Å². The van der Waals surface area contributed by atoms with Gasteiger partial charge in [0.1, 0.15) is 0 Å². The van der Waals surface area contributed by atoms with Gasteiger partial charge >= 0.3 is 11.7 Å². The van der Waals surface area contributed by atoms with Gasteiger partial charge in [-0.25, -0.2) is 4.98 Å². The maximum atomic E-state index is 11.0. The monoisotopic (exact) mass is 267 g/mol. The fourth-order valence-corrected chi connectivity index (χ4v) is 1.86. The van der Waals surface area contributed by atoms with Crippen molar-refractivity contribution in [1.82, 2.24) is 4.98 Å². The van der Waals surface area contributed by atoms with Crippen LogP contribution in [0.1, 0.15) is 31.7 Å². The van der Waals surface area contributed by atoms with Crippen LogP contribution < -0.4 is 5.32 Å². The van der Waals surface area contributed by atoms with E-state index in [0.717, 1.165) is 6.42 Å². The highest BCUT2D eigenvalue weighted by molar-refractivity contribution is 5.69. The molecule has 0 saturated carbocycles. The lowest BCUT2D eigenvalue weighted by atomic mass is 10.1. The number of hydrogen-bond acceptors (Lipinski definition) is 5. The molecule has 0 aliphatic carbocycles. The molecule has 0 radical (unpaired) electrons. The van der Waals surface area contributed by atoms with Crippen molar-refractivity contribution in [2.24, 2.45) is 0 Å². The highest BCUT2D eigenvalue weighted by Crippen LogP contribution is 2.26. The molecule has 1 rings (SSSR count). The molecule has 1 heterocycles. The lowest BCUT2D eigenvalue weighted by Crippen LogP contribution is -2.24. The van der Waals surface area contributed by atoms with E-state index in [2.05, 4.69) is 10.3 Å². The van der Waals surface area contributed by atoms with E-state index in [1.165, 1.54) is 6.20 Å². The molecule has 1 atom stereocenters. The number of aryl methyl sites for hydroxylation is 1. The average molecular weight is 267 g/mol. The van der Waals surface area contributed by atoms with Crippen molar-refractivity contribution in [3.63, 3.8) is 0 Å². The number of anilines is 1. The number of aliphatic carboxylic acids is 1. The number of pyridine rings is 1. The van der Waals surface area contributed by atoms with Crippen LogP contribution in [-0.4, -0.2) is 27.0 Å². The summed E-state index contributed by atoms with van der Waals surface area (Å²) >= 11 is 0. The second-order valence-corrected chi connectivity index (χ2v) is 4.31. The third-order valence-corrected chi connectivity index (χ3v) is 2.71. The minimum atomic E-state index is -0.943. The molecule has 0 spiro atoms. The number of nitrogens with one attached hydrogen (secondary N) is 1. The lowest BCUT2D eigenvalue weighted by molar-refractivity contribution is -0.384. The van der Waals surface area contributed by atoms with E-state index in [1.54, 1.807) is 13.0 Å². The summed E-state index contributed by atoms with van der Waals surface area (Å²) in [6.07, 6.45) is 2.76. The molecule has 0 amide bonds. The largest absolute Gasteiger partial charge is 0.481 e. The second-order valence-electron chi connectivity index (χ2n) is 4.31. The minimum absolute atomic E-state index is 0.0966. The van der Waals surface area contributed by atoms with E-state index in [4.69, 9.17) is 5.11 Å². The van der Waals surface area contributed by atoms with Gasteiger partial charge in [0.15, 0.2) is 0 Å². The molecule has 0 fully saturated rings. The zero-order valence-corrected chi connectivity index (χ0v) is 10.9. The molecule has 2 N–H and O–H groups in total. The number of aromatic nitrogens is 1. The first-order valence-electron chi connectivity index (χ1n) is 6.04. The predicted molar refractivity (Wildman–Crippen MR) is 70.2 cm³/mol.